The van der Waals surface area contributed by atoms with E-state index in [4.69, 9.17) is 9.47 Å². The first kappa shape index (κ1) is 24.2. The lowest BCUT2D eigenvalue weighted by Gasteiger charge is -2.34. The third kappa shape index (κ3) is 6.35. The Labute approximate surface area is 171 Å². The molecule has 1 aromatic rings. The zero-order chi connectivity index (χ0) is 21.9. The number of hydrogen-bond acceptors (Lipinski definition) is 4. The SMILES string of the molecule is CC(C)C(OC(=O)c1ccccc1C(=O)OC(C(C)C)C(C)(C)C)C(C)(C)C. The van der Waals surface area contributed by atoms with Crippen molar-refractivity contribution in [2.75, 3.05) is 0 Å². The summed E-state index contributed by atoms with van der Waals surface area (Å²) < 4.78 is 11.7. The molecule has 1 aromatic carbocycles. The molecule has 0 bridgehead atoms. The second-order valence-electron chi connectivity index (χ2n) is 10.4. The summed E-state index contributed by atoms with van der Waals surface area (Å²) in [4.78, 5) is 25.8. The first-order valence-corrected chi connectivity index (χ1v) is 10.2. The summed E-state index contributed by atoms with van der Waals surface area (Å²) in [6.45, 7) is 20.4. The minimum atomic E-state index is -0.488. The predicted octanol–water partition coefficient (Wildman–Crippen LogP) is 6.14. The topological polar surface area (TPSA) is 52.6 Å². The number of hydrogen-bond donors (Lipinski definition) is 0. The van der Waals surface area contributed by atoms with Gasteiger partial charge in [0.15, 0.2) is 0 Å². The first-order valence-electron chi connectivity index (χ1n) is 10.2. The van der Waals surface area contributed by atoms with E-state index in [2.05, 4.69) is 0 Å². The molecule has 0 aromatic heterocycles. The van der Waals surface area contributed by atoms with E-state index in [1.807, 2.05) is 69.2 Å². The molecule has 0 radical (unpaired) electrons. The molecule has 0 aliphatic carbocycles. The fourth-order valence-electron chi connectivity index (χ4n) is 3.82. The van der Waals surface area contributed by atoms with E-state index in [0.717, 1.165) is 0 Å². The van der Waals surface area contributed by atoms with Crippen LogP contribution >= 0.6 is 0 Å². The van der Waals surface area contributed by atoms with Crippen molar-refractivity contribution in [2.24, 2.45) is 22.7 Å². The lowest BCUT2D eigenvalue weighted by molar-refractivity contribution is -0.0256. The highest BCUT2D eigenvalue weighted by Crippen LogP contribution is 2.31. The molecule has 28 heavy (non-hydrogen) atoms. The highest BCUT2D eigenvalue weighted by atomic mass is 16.6. The van der Waals surface area contributed by atoms with Crippen molar-refractivity contribution in [1.29, 1.82) is 0 Å². The van der Waals surface area contributed by atoms with Gasteiger partial charge in [0.1, 0.15) is 12.2 Å². The first-order chi connectivity index (χ1) is 12.7. The molecule has 0 saturated carbocycles. The van der Waals surface area contributed by atoms with Crippen LogP contribution in [-0.2, 0) is 9.47 Å². The predicted molar refractivity (Wildman–Crippen MR) is 113 cm³/mol. The van der Waals surface area contributed by atoms with Crippen molar-refractivity contribution in [3.63, 3.8) is 0 Å². The van der Waals surface area contributed by atoms with Gasteiger partial charge < -0.3 is 9.47 Å². The van der Waals surface area contributed by atoms with E-state index in [9.17, 15) is 9.59 Å². The Bertz CT molecular complexity index is 616. The van der Waals surface area contributed by atoms with Crippen molar-refractivity contribution >= 4 is 11.9 Å². The molecule has 0 fully saturated rings. The minimum Gasteiger partial charge on any atom is -0.458 e. The number of ether oxygens (including phenoxy) is 2. The summed E-state index contributed by atoms with van der Waals surface area (Å²) in [5.74, 6) is -0.653. The van der Waals surface area contributed by atoms with Crippen molar-refractivity contribution in [3.05, 3.63) is 35.4 Å². The molecule has 0 amide bonds. The third-order valence-electron chi connectivity index (χ3n) is 4.75. The van der Waals surface area contributed by atoms with Crippen LogP contribution in [0.5, 0.6) is 0 Å². The van der Waals surface area contributed by atoms with E-state index in [1.54, 1.807) is 24.3 Å². The van der Waals surface area contributed by atoms with Gasteiger partial charge in [-0.15, -0.1) is 0 Å². The minimum absolute atomic E-state index is 0.161. The molecule has 1 rings (SSSR count). The second kappa shape index (κ2) is 9.11. The molecule has 0 aliphatic heterocycles. The maximum absolute atomic E-state index is 12.9. The molecule has 4 heteroatoms. The average molecular weight is 391 g/mol. The van der Waals surface area contributed by atoms with Gasteiger partial charge in [0, 0.05) is 0 Å². The maximum atomic E-state index is 12.9. The zero-order valence-corrected chi connectivity index (χ0v) is 19.3. The average Bonchev–Trinajstić information content (AvgIpc) is 2.54. The fraction of sp³-hybridized carbons (Fsp3) is 0.667. The van der Waals surface area contributed by atoms with Gasteiger partial charge in [0.2, 0.25) is 0 Å². The van der Waals surface area contributed by atoms with Gasteiger partial charge in [0.25, 0.3) is 0 Å². The maximum Gasteiger partial charge on any atom is 0.339 e. The number of carbonyl (C=O) groups excluding carboxylic acids is 2. The van der Waals surface area contributed by atoms with Crippen LogP contribution in [0.25, 0.3) is 0 Å². The molecular weight excluding hydrogens is 352 g/mol. The van der Waals surface area contributed by atoms with Gasteiger partial charge in [0.05, 0.1) is 11.1 Å². The summed E-state index contributed by atoms with van der Waals surface area (Å²) in [6.07, 6.45) is -0.524. The summed E-state index contributed by atoms with van der Waals surface area (Å²) >= 11 is 0. The van der Waals surface area contributed by atoms with Crippen LogP contribution in [0, 0.1) is 22.7 Å². The Morgan fingerprint density at radius 3 is 1.18 bits per heavy atom. The summed E-state index contributed by atoms with van der Waals surface area (Å²) in [5.41, 5.74) is 0.0975. The quantitative estimate of drug-likeness (QED) is 0.547. The van der Waals surface area contributed by atoms with Gasteiger partial charge in [-0.3, -0.25) is 0 Å². The molecule has 2 unspecified atom stereocenters. The zero-order valence-electron chi connectivity index (χ0n) is 19.3. The molecule has 4 nitrogen and oxygen atoms in total. The van der Waals surface area contributed by atoms with Gasteiger partial charge in [-0.1, -0.05) is 81.4 Å². The second-order valence-corrected chi connectivity index (χ2v) is 10.4. The summed E-state index contributed by atoms with van der Waals surface area (Å²) in [5, 5.41) is 0. The summed E-state index contributed by atoms with van der Waals surface area (Å²) in [7, 11) is 0. The van der Waals surface area contributed by atoms with E-state index in [-0.39, 0.29) is 46.0 Å². The standard InChI is InChI=1S/C24H38O4/c1-15(2)19(23(5,6)7)27-21(25)17-13-11-12-14-18(17)22(26)28-20(16(3)4)24(8,9)10/h11-16,19-20H,1-10H3. The number of rotatable bonds is 6. The van der Waals surface area contributed by atoms with E-state index < -0.39 is 11.9 Å². The molecule has 2 atom stereocenters. The van der Waals surface area contributed by atoms with Crippen molar-refractivity contribution < 1.29 is 19.1 Å². The van der Waals surface area contributed by atoms with Crippen LogP contribution < -0.4 is 0 Å². The number of benzene rings is 1. The van der Waals surface area contributed by atoms with Gasteiger partial charge in [-0.25, -0.2) is 9.59 Å². The smallest absolute Gasteiger partial charge is 0.339 e. The highest BCUT2D eigenvalue weighted by Gasteiger charge is 2.34. The third-order valence-corrected chi connectivity index (χ3v) is 4.75. The van der Waals surface area contributed by atoms with Crippen LogP contribution in [0.4, 0.5) is 0 Å². The van der Waals surface area contributed by atoms with Gasteiger partial charge in [-0.2, -0.15) is 0 Å². The van der Waals surface area contributed by atoms with Crippen LogP contribution in [-0.4, -0.2) is 24.1 Å². The molecule has 0 N–H and O–H groups in total. The Hall–Kier alpha value is -1.84. The van der Waals surface area contributed by atoms with E-state index in [1.165, 1.54) is 0 Å². The summed E-state index contributed by atoms with van der Waals surface area (Å²) in [6, 6.07) is 6.72. The van der Waals surface area contributed by atoms with Crippen molar-refractivity contribution in [2.45, 2.75) is 81.4 Å². The molecule has 0 spiro atoms. The highest BCUT2D eigenvalue weighted by molar-refractivity contribution is 6.03. The Balaban J connectivity index is 3.16. The van der Waals surface area contributed by atoms with E-state index >= 15 is 0 Å². The molecule has 0 heterocycles. The van der Waals surface area contributed by atoms with Gasteiger partial charge in [-0.05, 0) is 34.8 Å². The van der Waals surface area contributed by atoms with Crippen molar-refractivity contribution in [3.8, 4) is 0 Å². The monoisotopic (exact) mass is 390 g/mol. The molecule has 0 saturated heterocycles. The molecule has 0 aliphatic rings. The van der Waals surface area contributed by atoms with Crippen LogP contribution in [0.1, 0.15) is 90.0 Å². The number of esters is 2. The number of carbonyl (C=O) groups is 2. The van der Waals surface area contributed by atoms with Crippen molar-refractivity contribution in [1.82, 2.24) is 0 Å². The Morgan fingerprint density at radius 1 is 0.679 bits per heavy atom. The molecule has 158 valence electrons. The van der Waals surface area contributed by atoms with Crippen LogP contribution in [0.15, 0.2) is 24.3 Å². The Kier molecular flexibility index (Phi) is 7.87. The normalized spacial score (nSPS) is 14.7. The van der Waals surface area contributed by atoms with E-state index in [0.29, 0.717) is 0 Å². The van der Waals surface area contributed by atoms with Crippen LogP contribution in [0.3, 0.4) is 0 Å². The molecular formula is C24H38O4. The lowest BCUT2D eigenvalue weighted by atomic mass is 9.82. The Morgan fingerprint density at radius 2 is 0.964 bits per heavy atom. The van der Waals surface area contributed by atoms with Crippen LogP contribution in [0.2, 0.25) is 0 Å². The van der Waals surface area contributed by atoms with Gasteiger partial charge >= 0.3 is 11.9 Å². The largest absolute Gasteiger partial charge is 0.458 e. The fourth-order valence-corrected chi connectivity index (χ4v) is 3.82. The lowest BCUT2D eigenvalue weighted by Crippen LogP contribution is -2.37.